The zero-order valence-corrected chi connectivity index (χ0v) is 11.9. The normalized spacial score (nSPS) is 10.2. The highest BCUT2D eigenvalue weighted by atomic mass is 79.9. The van der Waals surface area contributed by atoms with E-state index < -0.39 is 0 Å². The molecule has 2 aromatic carbocycles. The fraction of sp³-hybridized carbons (Fsp3) is 0.0714. The minimum atomic E-state index is -0.313. The van der Waals surface area contributed by atoms with E-state index >= 15 is 0 Å². The molecule has 0 heterocycles. The highest BCUT2D eigenvalue weighted by molar-refractivity contribution is 9.10. The molecule has 98 valence electrons. The number of aromatic hydroxyl groups is 1. The molecule has 2 rings (SSSR count). The zero-order valence-electron chi connectivity index (χ0n) is 10.3. The van der Waals surface area contributed by atoms with Crippen LogP contribution in [0.1, 0.15) is 10.4 Å². The maximum Gasteiger partial charge on any atom is 0.261 e. The van der Waals surface area contributed by atoms with Crippen molar-refractivity contribution in [3.63, 3.8) is 0 Å². The molecule has 0 aromatic heterocycles. The van der Waals surface area contributed by atoms with Gasteiger partial charge in [0.2, 0.25) is 0 Å². The lowest BCUT2D eigenvalue weighted by atomic mass is 10.1. The highest BCUT2D eigenvalue weighted by Gasteiger charge is 2.18. The van der Waals surface area contributed by atoms with Gasteiger partial charge in [-0.05, 0) is 30.3 Å². The summed E-state index contributed by atoms with van der Waals surface area (Å²) >= 11 is 3.32. The number of nitrogens with two attached hydrogens (primary N) is 1. The van der Waals surface area contributed by atoms with Crippen molar-refractivity contribution >= 4 is 33.2 Å². The van der Waals surface area contributed by atoms with Gasteiger partial charge in [-0.3, -0.25) is 4.79 Å². The van der Waals surface area contributed by atoms with E-state index in [0.29, 0.717) is 11.4 Å². The van der Waals surface area contributed by atoms with E-state index in [1.54, 1.807) is 43.4 Å². The van der Waals surface area contributed by atoms with E-state index in [-0.39, 0.29) is 17.2 Å². The van der Waals surface area contributed by atoms with Crippen LogP contribution in [0, 0.1) is 0 Å². The van der Waals surface area contributed by atoms with Crippen LogP contribution in [0.5, 0.6) is 5.75 Å². The standard InChI is InChI=1S/C14H13BrN2O2/c1-17(12-7-6-9(15)8-11(12)16)14(19)10-4-2-3-5-13(10)18/h2-8,18H,16H2,1H3. The summed E-state index contributed by atoms with van der Waals surface area (Å²) in [5.74, 6) is -0.359. The van der Waals surface area contributed by atoms with Crippen LogP contribution < -0.4 is 10.6 Å². The van der Waals surface area contributed by atoms with Gasteiger partial charge in [0.1, 0.15) is 5.75 Å². The van der Waals surface area contributed by atoms with Crippen LogP contribution in [-0.2, 0) is 0 Å². The van der Waals surface area contributed by atoms with Crippen LogP contribution in [0.4, 0.5) is 11.4 Å². The summed E-state index contributed by atoms with van der Waals surface area (Å²) in [7, 11) is 1.62. The van der Waals surface area contributed by atoms with Gasteiger partial charge in [-0.1, -0.05) is 28.1 Å². The minimum Gasteiger partial charge on any atom is -0.507 e. The first-order chi connectivity index (χ1) is 9.00. The molecular weight excluding hydrogens is 308 g/mol. The molecule has 19 heavy (non-hydrogen) atoms. The molecule has 2 aromatic rings. The SMILES string of the molecule is CN(C(=O)c1ccccc1O)c1ccc(Br)cc1N. The van der Waals surface area contributed by atoms with E-state index in [1.165, 1.54) is 11.0 Å². The Morgan fingerprint density at radius 1 is 1.26 bits per heavy atom. The Balaban J connectivity index is 2.37. The lowest BCUT2D eigenvalue weighted by Gasteiger charge is -2.19. The number of halogens is 1. The van der Waals surface area contributed by atoms with Crippen LogP contribution in [-0.4, -0.2) is 18.1 Å². The predicted molar refractivity (Wildman–Crippen MR) is 79.4 cm³/mol. The lowest BCUT2D eigenvalue weighted by Crippen LogP contribution is -2.27. The molecule has 0 bridgehead atoms. The van der Waals surface area contributed by atoms with Gasteiger partial charge in [0, 0.05) is 11.5 Å². The Bertz CT molecular complexity index is 629. The van der Waals surface area contributed by atoms with E-state index in [9.17, 15) is 9.90 Å². The first kappa shape index (κ1) is 13.4. The van der Waals surface area contributed by atoms with Gasteiger partial charge < -0.3 is 15.7 Å². The molecule has 0 fully saturated rings. The number of carbonyl (C=O) groups is 1. The molecule has 0 aliphatic rings. The summed E-state index contributed by atoms with van der Waals surface area (Å²) in [5, 5.41) is 9.70. The van der Waals surface area contributed by atoms with Gasteiger partial charge in [0.25, 0.3) is 5.91 Å². The quantitative estimate of drug-likeness (QED) is 0.836. The smallest absolute Gasteiger partial charge is 0.261 e. The summed E-state index contributed by atoms with van der Waals surface area (Å²) in [6, 6.07) is 11.7. The van der Waals surface area contributed by atoms with Gasteiger partial charge in [0.05, 0.1) is 16.9 Å². The molecule has 1 amide bonds. The number of para-hydroxylation sites is 1. The van der Waals surface area contributed by atoms with E-state index in [2.05, 4.69) is 15.9 Å². The first-order valence-corrected chi connectivity index (χ1v) is 6.41. The Kier molecular flexibility index (Phi) is 3.76. The van der Waals surface area contributed by atoms with Crippen molar-refractivity contribution in [3.8, 4) is 5.75 Å². The largest absolute Gasteiger partial charge is 0.507 e. The van der Waals surface area contributed by atoms with Crippen molar-refractivity contribution in [2.45, 2.75) is 0 Å². The van der Waals surface area contributed by atoms with Gasteiger partial charge >= 0.3 is 0 Å². The summed E-state index contributed by atoms with van der Waals surface area (Å²) in [5.41, 5.74) is 7.21. The molecule has 5 heteroatoms. The maximum absolute atomic E-state index is 12.3. The molecule has 0 atom stereocenters. The van der Waals surface area contributed by atoms with Crippen molar-refractivity contribution < 1.29 is 9.90 Å². The second-order valence-corrected chi connectivity index (χ2v) is 5.00. The molecule has 3 N–H and O–H groups in total. The number of rotatable bonds is 2. The van der Waals surface area contributed by atoms with Crippen LogP contribution in [0.15, 0.2) is 46.9 Å². The average molecular weight is 321 g/mol. The molecule has 0 saturated carbocycles. The fourth-order valence-electron chi connectivity index (χ4n) is 1.78. The predicted octanol–water partition coefficient (Wildman–Crippen LogP) is 3.01. The number of anilines is 2. The van der Waals surface area contributed by atoms with Crippen LogP contribution in [0.3, 0.4) is 0 Å². The fourth-order valence-corrected chi connectivity index (χ4v) is 2.15. The molecule has 0 unspecified atom stereocenters. The number of hydrogen-bond acceptors (Lipinski definition) is 3. The van der Waals surface area contributed by atoms with Gasteiger partial charge in [-0.2, -0.15) is 0 Å². The molecule has 4 nitrogen and oxygen atoms in total. The molecule has 0 aliphatic carbocycles. The zero-order chi connectivity index (χ0) is 14.0. The number of amides is 1. The van der Waals surface area contributed by atoms with Crippen molar-refractivity contribution in [2.75, 3.05) is 17.7 Å². The number of hydrogen-bond donors (Lipinski definition) is 2. The Labute approximate surface area is 119 Å². The monoisotopic (exact) mass is 320 g/mol. The molecule has 0 saturated heterocycles. The second kappa shape index (κ2) is 5.32. The number of phenolic OH excluding ortho intramolecular Hbond substituents is 1. The third-order valence-electron chi connectivity index (χ3n) is 2.79. The Hall–Kier alpha value is -2.01. The topological polar surface area (TPSA) is 66.6 Å². The van der Waals surface area contributed by atoms with Crippen molar-refractivity contribution in [3.05, 3.63) is 52.5 Å². The third kappa shape index (κ3) is 2.71. The highest BCUT2D eigenvalue weighted by Crippen LogP contribution is 2.28. The first-order valence-electron chi connectivity index (χ1n) is 5.62. The van der Waals surface area contributed by atoms with Crippen LogP contribution in [0.25, 0.3) is 0 Å². The summed E-state index contributed by atoms with van der Waals surface area (Å²) in [6.07, 6.45) is 0. The molecule has 0 aliphatic heterocycles. The van der Waals surface area contributed by atoms with Crippen LogP contribution in [0.2, 0.25) is 0 Å². The second-order valence-electron chi connectivity index (χ2n) is 4.08. The van der Waals surface area contributed by atoms with Crippen molar-refractivity contribution in [1.29, 1.82) is 0 Å². The van der Waals surface area contributed by atoms with Gasteiger partial charge in [-0.15, -0.1) is 0 Å². The molecular formula is C14H13BrN2O2. The van der Waals surface area contributed by atoms with Crippen molar-refractivity contribution in [1.82, 2.24) is 0 Å². The Morgan fingerprint density at radius 2 is 1.95 bits per heavy atom. The number of nitrogen functional groups attached to an aromatic ring is 1. The number of benzene rings is 2. The summed E-state index contributed by atoms with van der Waals surface area (Å²) < 4.78 is 0.845. The molecule has 0 radical (unpaired) electrons. The van der Waals surface area contributed by atoms with Crippen molar-refractivity contribution in [2.24, 2.45) is 0 Å². The molecule has 0 spiro atoms. The number of phenols is 1. The summed E-state index contributed by atoms with van der Waals surface area (Å²) in [6.45, 7) is 0. The summed E-state index contributed by atoms with van der Waals surface area (Å²) in [4.78, 5) is 13.7. The van der Waals surface area contributed by atoms with Crippen LogP contribution >= 0.6 is 15.9 Å². The number of carbonyl (C=O) groups excluding carboxylic acids is 1. The van der Waals surface area contributed by atoms with Gasteiger partial charge in [0.15, 0.2) is 0 Å². The average Bonchev–Trinajstić information content (AvgIpc) is 2.38. The van der Waals surface area contributed by atoms with Gasteiger partial charge in [-0.25, -0.2) is 0 Å². The minimum absolute atomic E-state index is 0.0463. The van der Waals surface area contributed by atoms with E-state index in [4.69, 9.17) is 5.73 Å². The van der Waals surface area contributed by atoms with E-state index in [0.717, 1.165) is 4.47 Å². The Morgan fingerprint density at radius 3 is 2.58 bits per heavy atom. The third-order valence-corrected chi connectivity index (χ3v) is 3.28. The number of nitrogens with zero attached hydrogens (tertiary/aromatic N) is 1. The van der Waals surface area contributed by atoms with E-state index in [1.807, 2.05) is 0 Å². The maximum atomic E-state index is 12.3. The lowest BCUT2D eigenvalue weighted by molar-refractivity contribution is 0.0990.